The molecule has 2 heterocycles. The van der Waals surface area contributed by atoms with Crippen LogP contribution < -0.4 is 5.32 Å². The van der Waals surface area contributed by atoms with Crippen molar-refractivity contribution in [1.82, 2.24) is 0 Å². The van der Waals surface area contributed by atoms with Gasteiger partial charge in [0.25, 0.3) is 5.91 Å². The van der Waals surface area contributed by atoms with Gasteiger partial charge in [-0.1, -0.05) is 17.7 Å². The van der Waals surface area contributed by atoms with Gasteiger partial charge in [0.05, 0.1) is 11.3 Å². The lowest BCUT2D eigenvalue weighted by Crippen LogP contribution is -2.03. The van der Waals surface area contributed by atoms with Crippen LogP contribution in [-0.4, -0.2) is 5.91 Å². The number of carbonyl (C=O) groups is 1. The number of nitrogens with one attached hydrogen (secondary N) is 1. The monoisotopic (exact) mass is 339 g/mol. The normalized spacial score (nSPS) is 15.9. The molecule has 0 spiro atoms. The summed E-state index contributed by atoms with van der Waals surface area (Å²) >= 11 is 10.9. The molecule has 2 nitrogen and oxygen atoms in total. The predicted molar refractivity (Wildman–Crippen MR) is 80.0 cm³/mol. The Kier molecular flexibility index (Phi) is 3.01. The number of amides is 1. The van der Waals surface area contributed by atoms with Gasteiger partial charge in [-0.05, 0) is 40.2 Å². The van der Waals surface area contributed by atoms with Gasteiger partial charge in [-0.15, -0.1) is 11.3 Å². The molecule has 2 aromatic rings. The highest BCUT2D eigenvalue weighted by Crippen LogP contribution is 2.35. The molecular weight excluding hydrogens is 334 g/mol. The number of thiophene rings is 1. The quantitative estimate of drug-likeness (QED) is 0.752. The molecular formula is C13H7BrClNOS. The van der Waals surface area contributed by atoms with Crippen molar-refractivity contribution >= 4 is 62.1 Å². The van der Waals surface area contributed by atoms with Crippen LogP contribution in [0.1, 0.15) is 10.4 Å². The average molecular weight is 341 g/mol. The van der Waals surface area contributed by atoms with Crippen molar-refractivity contribution in [2.45, 2.75) is 0 Å². The van der Waals surface area contributed by atoms with Crippen LogP contribution in [0.3, 0.4) is 0 Å². The maximum Gasteiger partial charge on any atom is 0.256 e. The van der Waals surface area contributed by atoms with Gasteiger partial charge in [0, 0.05) is 25.3 Å². The Bertz CT molecular complexity index is 677. The third-order valence-corrected chi connectivity index (χ3v) is 4.51. The Labute approximate surface area is 121 Å². The number of halogens is 2. The first-order valence-corrected chi connectivity index (χ1v) is 7.25. The van der Waals surface area contributed by atoms with E-state index in [0.717, 1.165) is 20.6 Å². The number of benzene rings is 1. The summed E-state index contributed by atoms with van der Waals surface area (Å²) < 4.78 is 1.02. The van der Waals surface area contributed by atoms with Gasteiger partial charge in [-0.25, -0.2) is 0 Å². The summed E-state index contributed by atoms with van der Waals surface area (Å²) in [5.74, 6) is -0.0863. The zero-order valence-electron chi connectivity index (χ0n) is 9.04. The minimum atomic E-state index is -0.0863. The van der Waals surface area contributed by atoms with Crippen molar-refractivity contribution in [2.75, 3.05) is 5.32 Å². The maximum atomic E-state index is 11.9. The molecule has 0 radical (unpaired) electrons. The van der Waals surface area contributed by atoms with E-state index in [1.165, 1.54) is 0 Å². The first kappa shape index (κ1) is 12.0. The molecule has 0 bridgehead atoms. The van der Waals surface area contributed by atoms with E-state index >= 15 is 0 Å². The largest absolute Gasteiger partial charge is 0.321 e. The lowest BCUT2D eigenvalue weighted by atomic mass is 10.1. The number of fused-ring (bicyclic) bond motifs is 1. The van der Waals surface area contributed by atoms with Crippen molar-refractivity contribution in [3.63, 3.8) is 0 Å². The molecule has 5 heteroatoms. The molecule has 0 fully saturated rings. The molecule has 0 atom stereocenters. The number of carbonyl (C=O) groups excluding carboxylic acids is 1. The van der Waals surface area contributed by atoms with Crippen LogP contribution in [0.25, 0.3) is 11.6 Å². The molecule has 0 aliphatic carbocycles. The zero-order valence-corrected chi connectivity index (χ0v) is 12.2. The molecule has 18 heavy (non-hydrogen) atoms. The highest BCUT2D eigenvalue weighted by molar-refractivity contribution is 9.10. The minimum Gasteiger partial charge on any atom is -0.321 e. The third kappa shape index (κ3) is 2.11. The van der Waals surface area contributed by atoms with Gasteiger partial charge in [0.1, 0.15) is 0 Å². The lowest BCUT2D eigenvalue weighted by Gasteiger charge is -1.97. The summed E-state index contributed by atoms with van der Waals surface area (Å²) in [6.07, 6.45) is 1.89. The summed E-state index contributed by atoms with van der Waals surface area (Å²) in [6, 6.07) is 7.40. The fraction of sp³-hybridized carbons (Fsp3) is 0. The van der Waals surface area contributed by atoms with Gasteiger partial charge in [0.2, 0.25) is 0 Å². The smallest absolute Gasteiger partial charge is 0.256 e. The van der Waals surface area contributed by atoms with Gasteiger partial charge in [-0.3, -0.25) is 4.79 Å². The first-order valence-electron chi connectivity index (χ1n) is 5.20. The van der Waals surface area contributed by atoms with E-state index in [9.17, 15) is 4.79 Å². The van der Waals surface area contributed by atoms with Crippen LogP contribution in [0.15, 0.2) is 34.1 Å². The topological polar surface area (TPSA) is 29.1 Å². The van der Waals surface area contributed by atoms with Gasteiger partial charge in [0.15, 0.2) is 0 Å². The van der Waals surface area contributed by atoms with Crippen LogP contribution in [0.5, 0.6) is 0 Å². The molecule has 0 saturated carbocycles. The fourth-order valence-corrected chi connectivity index (χ4v) is 3.40. The van der Waals surface area contributed by atoms with E-state index < -0.39 is 0 Å². The van der Waals surface area contributed by atoms with Gasteiger partial charge < -0.3 is 5.32 Å². The van der Waals surface area contributed by atoms with Crippen LogP contribution in [-0.2, 0) is 4.79 Å². The molecule has 1 aromatic carbocycles. The van der Waals surface area contributed by atoms with Crippen LogP contribution >= 0.6 is 38.9 Å². The van der Waals surface area contributed by atoms with Gasteiger partial charge >= 0.3 is 0 Å². The molecule has 1 aliphatic rings. The second kappa shape index (κ2) is 4.53. The summed E-state index contributed by atoms with van der Waals surface area (Å²) in [4.78, 5) is 13.0. The predicted octanol–water partition coefficient (Wildman–Crippen LogP) is 4.66. The standard InChI is InChI=1S/C13H7BrClNOS/c14-7-3-9(18-6-7)5-11-10-2-1-8(15)4-12(10)16-13(11)17/h1-6H,(H,16,17)/b11-5-. The third-order valence-electron chi connectivity index (χ3n) is 2.64. The van der Waals surface area contributed by atoms with Crippen LogP contribution in [0.2, 0.25) is 5.02 Å². The van der Waals surface area contributed by atoms with Crippen molar-refractivity contribution in [3.8, 4) is 0 Å². The summed E-state index contributed by atoms with van der Waals surface area (Å²) in [5.41, 5.74) is 2.35. The SMILES string of the molecule is O=C1Nc2cc(Cl)ccc2/C1=C/c1cc(Br)cs1. The number of rotatable bonds is 1. The second-order valence-corrected chi connectivity index (χ2v) is 6.16. The maximum absolute atomic E-state index is 11.9. The first-order chi connectivity index (χ1) is 8.63. The Balaban J connectivity index is 2.09. The summed E-state index contributed by atoms with van der Waals surface area (Å²) in [7, 11) is 0. The Morgan fingerprint density at radius 2 is 2.17 bits per heavy atom. The molecule has 1 aliphatic heterocycles. The number of hydrogen-bond acceptors (Lipinski definition) is 2. The Morgan fingerprint density at radius 3 is 2.89 bits per heavy atom. The fourth-order valence-electron chi connectivity index (χ4n) is 1.86. The average Bonchev–Trinajstić information content (AvgIpc) is 2.84. The van der Waals surface area contributed by atoms with Gasteiger partial charge in [-0.2, -0.15) is 0 Å². The van der Waals surface area contributed by atoms with E-state index in [4.69, 9.17) is 11.6 Å². The van der Waals surface area contributed by atoms with E-state index in [2.05, 4.69) is 21.2 Å². The molecule has 1 aromatic heterocycles. The highest BCUT2D eigenvalue weighted by Gasteiger charge is 2.24. The van der Waals surface area contributed by atoms with Crippen molar-refractivity contribution < 1.29 is 4.79 Å². The number of hydrogen-bond donors (Lipinski definition) is 1. The summed E-state index contributed by atoms with van der Waals surface area (Å²) in [5, 5.41) is 5.42. The molecule has 0 unspecified atom stereocenters. The van der Waals surface area contributed by atoms with E-state index in [-0.39, 0.29) is 5.91 Å². The Hall–Kier alpha value is -1.10. The molecule has 3 rings (SSSR count). The van der Waals surface area contributed by atoms with E-state index in [1.54, 1.807) is 23.5 Å². The lowest BCUT2D eigenvalue weighted by molar-refractivity contribution is -0.110. The Morgan fingerprint density at radius 1 is 1.33 bits per heavy atom. The number of anilines is 1. The van der Waals surface area contributed by atoms with E-state index in [1.807, 2.05) is 23.6 Å². The van der Waals surface area contributed by atoms with E-state index in [0.29, 0.717) is 10.6 Å². The molecule has 1 N–H and O–H groups in total. The molecule has 90 valence electrons. The van der Waals surface area contributed by atoms with Crippen molar-refractivity contribution in [1.29, 1.82) is 0 Å². The molecule has 1 amide bonds. The zero-order chi connectivity index (χ0) is 12.7. The minimum absolute atomic E-state index is 0.0863. The summed E-state index contributed by atoms with van der Waals surface area (Å²) in [6.45, 7) is 0. The van der Waals surface area contributed by atoms with Crippen LogP contribution in [0.4, 0.5) is 5.69 Å². The highest BCUT2D eigenvalue weighted by atomic mass is 79.9. The molecule has 0 saturated heterocycles. The van der Waals surface area contributed by atoms with Crippen molar-refractivity contribution in [3.05, 3.63) is 49.6 Å². The van der Waals surface area contributed by atoms with Crippen LogP contribution in [0, 0.1) is 0 Å². The van der Waals surface area contributed by atoms with Crippen molar-refractivity contribution in [2.24, 2.45) is 0 Å². The second-order valence-electron chi connectivity index (χ2n) is 3.87.